The maximum atomic E-state index is 5.55. The molecular weight excluding hydrogens is 182 g/mol. The molecule has 6 heteroatoms. The SMILES string of the molecule is Cn1cc(C(NN)C2CCCO2)nn1. The molecule has 0 aromatic carbocycles. The largest absolute Gasteiger partial charge is 0.376 e. The Kier molecular flexibility index (Phi) is 2.76. The lowest BCUT2D eigenvalue weighted by molar-refractivity contribution is 0.0770. The molecular formula is C8H15N5O. The number of nitrogens with zero attached hydrogens (tertiary/aromatic N) is 3. The van der Waals surface area contributed by atoms with Gasteiger partial charge in [-0.15, -0.1) is 5.10 Å². The molecule has 2 atom stereocenters. The molecule has 0 aliphatic carbocycles. The fourth-order valence-corrected chi connectivity index (χ4v) is 1.76. The van der Waals surface area contributed by atoms with E-state index in [1.807, 2.05) is 13.2 Å². The Morgan fingerprint density at radius 3 is 3.14 bits per heavy atom. The van der Waals surface area contributed by atoms with Crippen LogP contribution < -0.4 is 11.3 Å². The molecule has 1 aromatic heterocycles. The minimum atomic E-state index is -0.0498. The van der Waals surface area contributed by atoms with Crippen LogP contribution in [-0.2, 0) is 11.8 Å². The Bertz CT molecular complexity index is 294. The van der Waals surface area contributed by atoms with Gasteiger partial charge >= 0.3 is 0 Å². The molecule has 0 spiro atoms. The van der Waals surface area contributed by atoms with Crippen molar-refractivity contribution < 1.29 is 4.74 Å². The zero-order valence-electron chi connectivity index (χ0n) is 8.18. The quantitative estimate of drug-likeness (QED) is 0.504. The summed E-state index contributed by atoms with van der Waals surface area (Å²) >= 11 is 0. The van der Waals surface area contributed by atoms with E-state index in [9.17, 15) is 0 Å². The molecule has 0 bridgehead atoms. The fraction of sp³-hybridized carbons (Fsp3) is 0.750. The third-order valence-corrected chi connectivity index (χ3v) is 2.46. The summed E-state index contributed by atoms with van der Waals surface area (Å²) in [6.45, 7) is 0.809. The van der Waals surface area contributed by atoms with Gasteiger partial charge in [0.1, 0.15) is 5.69 Å². The summed E-state index contributed by atoms with van der Waals surface area (Å²) in [5.74, 6) is 5.49. The van der Waals surface area contributed by atoms with Crippen molar-refractivity contribution in [1.29, 1.82) is 0 Å². The molecule has 1 aliphatic rings. The standard InChI is InChI=1S/C8H15N5O/c1-13-5-6(11-12-13)8(10-9)7-3-2-4-14-7/h5,7-8,10H,2-4,9H2,1H3. The summed E-state index contributed by atoms with van der Waals surface area (Å²) in [6.07, 6.45) is 4.08. The topological polar surface area (TPSA) is 78.0 Å². The highest BCUT2D eigenvalue weighted by Crippen LogP contribution is 2.24. The highest BCUT2D eigenvalue weighted by Gasteiger charge is 2.28. The van der Waals surface area contributed by atoms with Crippen molar-refractivity contribution in [2.75, 3.05) is 6.61 Å². The first-order chi connectivity index (χ1) is 6.81. The summed E-state index contributed by atoms with van der Waals surface area (Å²) in [6, 6.07) is -0.0498. The monoisotopic (exact) mass is 197 g/mol. The number of hydrogen-bond acceptors (Lipinski definition) is 5. The molecule has 1 aliphatic heterocycles. The molecule has 2 heterocycles. The van der Waals surface area contributed by atoms with Crippen molar-refractivity contribution in [1.82, 2.24) is 20.4 Å². The summed E-state index contributed by atoms with van der Waals surface area (Å²) < 4.78 is 7.21. The number of aromatic nitrogens is 3. The van der Waals surface area contributed by atoms with Crippen molar-refractivity contribution in [3.05, 3.63) is 11.9 Å². The van der Waals surface area contributed by atoms with E-state index in [4.69, 9.17) is 10.6 Å². The molecule has 6 nitrogen and oxygen atoms in total. The second-order valence-corrected chi connectivity index (χ2v) is 3.51. The van der Waals surface area contributed by atoms with Gasteiger partial charge in [-0.3, -0.25) is 10.5 Å². The number of nitrogens with one attached hydrogen (secondary N) is 1. The molecule has 1 fully saturated rings. The first-order valence-corrected chi connectivity index (χ1v) is 4.75. The summed E-state index contributed by atoms with van der Waals surface area (Å²) in [7, 11) is 1.83. The van der Waals surface area contributed by atoms with Gasteiger partial charge in [0, 0.05) is 19.9 Å². The van der Waals surface area contributed by atoms with Crippen LogP contribution in [0.15, 0.2) is 6.20 Å². The van der Waals surface area contributed by atoms with Crippen molar-refractivity contribution in [2.45, 2.75) is 25.0 Å². The lowest BCUT2D eigenvalue weighted by Crippen LogP contribution is -2.36. The number of nitrogens with two attached hydrogens (primary N) is 1. The summed E-state index contributed by atoms with van der Waals surface area (Å²) in [5, 5.41) is 7.89. The first kappa shape index (κ1) is 9.57. The van der Waals surface area contributed by atoms with Crippen LogP contribution in [-0.4, -0.2) is 27.7 Å². The average Bonchev–Trinajstić information content (AvgIpc) is 2.79. The Hall–Kier alpha value is -0.980. The number of aryl methyl sites for hydroxylation is 1. The smallest absolute Gasteiger partial charge is 0.104 e. The van der Waals surface area contributed by atoms with Crippen molar-refractivity contribution in [3.63, 3.8) is 0 Å². The van der Waals surface area contributed by atoms with E-state index in [1.54, 1.807) is 4.68 Å². The number of ether oxygens (including phenoxy) is 1. The molecule has 1 aromatic rings. The van der Waals surface area contributed by atoms with Crippen LogP contribution in [0.4, 0.5) is 0 Å². The second kappa shape index (κ2) is 4.04. The fourth-order valence-electron chi connectivity index (χ4n) is 1.76. The minimum Gasteiger partial charge on any atom is -0.376 e. The third kappa shape index (κ3) is 1.77. The molecule has 14 heavy (non-hydrogen) atoms. The lowest BCUT2D eigenvalue weighted by Gasteiger charge is -2.19. The van der Waals surface area contributed by atoms with Crippen molar-refractivity contribution >= 4 is 0 Å². The number of hydrazine groups is 1. The van der Waals surface area contributed by atoms with Crippen LogP contribution in [0.25, 0.3) is 0 Å². The van der Waals surface area contributed by atoms with Crippen LogP contribution in [0.1, 0.15) is 24.6 Å². The van der Waals surface area contributed by atoms with Crippen molar-refractivity contribution in [2.24, 2.45) is 12.9 Å². The molecule has 78 valence electrons. The van der Waals surface area contributed by atoms with E-state index in [0.29, 0.717) is 0 Å². The highest BCUT2D eigenvalue weighted by atomic mass is 16.5. The van der Waals surface area contributed by atoms with Gasteiger partial charge in [0.15, 0.2) is 0 Å². The molecule has 0 radical (unpaired) electrons. The van der Waals surface area contributed by atoms with Crippen LogP contribution in [0.5, 0.6) is 0 Å². The Morgan fingerprint density at radius 1 is 1.79 bits per heavy atom. The van der Waals surface area contributed by atoms with Crippen LogP contribution in [0, 0.1) is 0 Å². The van der Waals surface area contributed by atoms with E-state index >= 15 is 0 Å². The molecule has 0 amide bonds. The van der Waals surface area contributed by atoms with Crippen LogP contribution in [0.2, 0.25) is 0 Å². The summed E-state index contributed by atoms with van der Waals surface area (Å²) in [5.41, 5.74) is 3.57. The molecule has 3 N–H and O–H groups in total. The second-order valence-electron chi connectivity index (χ2n) is 3.51. The number of rotatable bonds is 3. The van der Waals surface area contributed by atoms with Gasteiger partial charge < -0.3 is 4.74 Å². The molecule has 2 unspecified atom stereocenters. The Morgan fingerprint density at radius 2 is 2.64 bits per heavy atom. The highest BCUT2D eigenvalue weighted by molar-refractivity contribution is 5.03. The Labute approximate surface area is 82.4 Å². The van der Waals surface area contributed by atoms with E-state index in [-0.39, 0.29) is 12.1 Å². The van der Waals surface area contributed by atoms with Gasteiger partial charge in [0.05, 0.1) is 12.1 Å². The maximum absolute atomic E-state index is 5.55. The maximum Gasteiger partial charge on any atom is 0.104 e. The predicted molar refractivity (Wildman–Crippen MR) is 50.0 cm³/mol. The lowest BCUT2D eigenvalue weighted by atomic mass is 10.1. The first-order valence-electron chi connectivity index (χ1n) is 4.75. The average molecular weight is 197 g/mol. The van der Waals surface area contributed by atoms with E-state index in [0.717, 1.165) is 25.1 Å². The van der Waals surface area contributed by atoms with Crippen LogP contribution >= 0.6 is 0 Å². The third-order valence-electron chi connectivity index (χ3n) is 2.46. The zero-order chi connectivity index (χ0) is 9.97. The van der Waals surface area contributed by atoms with Gasteiger partial charge in [0.2, 0.25) is 0 Å². The van der Waals surface area contributed by atoms with Crippen molar-refractivity contribution in [3.8, 4) is 0 Å². The van der Waals surface area contributed by atoms with E-state index in [1.165, 1.54) is 0 Å². The van der Waals surface area contributed by atoms with Gasteiger partial charge in [-0.1, -0.05) is 5.21 Å². The Balaban J connectivity index is 2.12. The van der Waals surface area contributed by atoms with E-state index in [2.05, 4.69) is 15.7 Å². The summed E-state index contributed by atoms with van der Waals surface area (Å²) in [4.78, 5) is 0. The minimum absolute atomic E-state index is 0.0498. The van der Waals surface area contributed by atoms with Crippen LogP contribution in [0.3, 0.4) is 0 Å². The van der Waals surface area contributed by atoms with Gasteiger partial charge in [-0.25, -0.2) is 5.43 Å². The van der Waals surface area contributed by atoms with Gasteiger partial charge in [0.25, 0.3) is 0 Å². The normalized spacial score (nSPS) is 24.0. The number of hydrogen-bond donors (Lipinski definition) is 2. The molecule has 1 saturated heterocycles. The van der Waals surface area contributed by atoms with Gasteiger partial charge in [-0.2, -0.15) is 0 Å². The molecule has 0 saturated carbocycles. The molecule has 2 rings (SSSR count). The predicted octanol–water partition coefficient (Wildman–Crippen LogP) is -0.501. The zero-order valence-corrected chi connectivity index (χ0v) is 8.18. The van der Waals surface area contributed by atoms with E-state index < -0.39 is 0 Å². The van der Waals surface area contributed by atoms with Gasteiger partial charge in [-0.05, 0) is 12.8 Å².